The minimum absolute atomic E-state index is 0.391. The van der Waals surface area contributed by atoms with Crippen LogP contribution in [0.4, 0.5) is 21.0 Å². The standard InChI is InChI=1S/C32H52N2O5Si2/c1-27-15-19-29(20-16-27)33-31(35)37-23-11-7-9-13-25-40(3,4)39-41(5,6)26-14-10-8-12-24-38-32(36)34-30-21-17-28(2)18-22-30/h15-22H,7-14,23-26H2,1-6H3,(H,33,35)(H,34,36). The van der Waals surface area contributed by atoms with E-state index in [1.807, 2.05) is 62.4 Å². The van der Waals surface area contributed by atoms with Crippen LogP contribution in [-0.2, 0) is 13.6 Å². The molecule has 2 amide bonds. The molecule has 2 N–H and O–H groups in total. The Bertz CT molecular complexity index is 960. The molecular formula is C32H52N2O5Si2. The number of rotatable bonds is 18. The molecule has 228 valence electrons. The number of hydrogen-bond donors (Lipinski definition) is 2. The average Bonchev–Trinajstić information content (AvgIpc) is 2.89. The number of nitrogens with one attached hydrogen (secondary N) is 2. The highest BCUT2D eigenvalue weighted by molar-refractivity contribution is 6.84. The van der Waals surface area contributed by atoms with Crippen molar-refractivity contribution < 1.29 is 23.2 Å². The minimum atomic E-state index is -1.70. The molecule has 0 heterocycles. The minimum Gasteiger partial charge on any atom is -0.455 e. The summed E-state index contributed by atoms with van der Waals surface area (Å²) in [7, 11) is -3.40. The Hall–Kier alpha value is -2.63. The second-order valence-electron chi connectivity index (χ2n) is 12.2. The lowest BCUT2D eigenvalue weighted by Crippen LogP contribution is -2.44. The molecule has 7 nitrogen and oxygen atoms in total. The van der Waals surface area contributed by atoms with Crippen LogP contribution < -0.4 is 10.6 Å². The van der Waals surface area contributed by atoms with Gasteiger partial charge in [0.15, 0.2) is 16.6 Å². The Morgan fingerprint density at radius 1 is 0.561 bits per heavy atom. The van der Waals surface area contributed by atoms with Crippen LogP contribution in [0.25, 0.3) is 0 Å². The van der Waals surface area contributed by atoms with Crippen LogP contribution in [-0.4, -0.2) is 42.0 Å². The summed E-state index contributed by atoms with van der Waals surface area (Å²) in [6, 6.07) is 17.7. The van der Waals surface area contributed by atoms with Crippen molar-refractivity contribution in [2.24, 2.45) is 0 Å². The maximum atomic E-state index is 11.9. The van der Waals surface area contributed by atoms with E-state index in [2.05, 4.69) is 36.8 Å². The first-order chi connectivity index (χ1) is 19.4. The largest absolute Gasteiger partial charge is 0.455 e. The van der Waals surface area contributed by atoms with Gasteiger partial charge in [-0.1, -0.05) is 73.9 Å². The Morgan fingerprint density at radius 3 is 1.27 bits per heavy atom. The maximum absolute atomic E-state index is 11.9. The summed E-state index contributed by atoms with van der Waals surface area (Å²) < 4.78 is 17.4. The van der Waals surface area contributed by atoms with Crippen molar-refractivity contribution in [1.29, 1.82) is 0 Å². The third kappa shape index (κ3) is 16.4. The molecule has 0 aliphatic heterocycles. The van der Waals surface area contributed by atoms with E-state index in [0.29, 0.717) is 13.2 Å². The fourth-order valence-electron chi connectivity index (χ4n) is 4.77. The van der Waals surface area contributed by atoms with Crippen molar-refractivity contribution in [3.63, 3.8) is 0 Å². The quantitative estimate of drug-likeness (QED) is 0.131. The fraction of sp³-hybridized carbons (Fsp3) is 0.562. The summed E-state index contributed by atoms with van der Waals surface area (Å²) in [6.45, 7) is 14.3. The molecule has 9 heteroatoms. The van der Waals surface area contributed by atoms with E-state index in [1.54, 1.807) is 0 Å². The van der Waals surface area contributed by atoms with Gasteiger partial charge in [-0.15, -0.1) is 0 Å². The van der Waals surface area contributed by atoms with E-state index in [1.165, 1.54) is 12.1 Å². The number of carbonyl (C=O) groups excluding carboxylic acids is 2. The Labute approximate surface area is 250 Å². The van der Waals surface area contributed by atoms with E-state index >= 15 is 0 Å². The van der Waals surface area contributed by atoms with Crippen LogP contribution in [0.5, 0.6) is 0 Å². The first-order valence-corrected chi connectivity index (χ1v) is 21.4. The van der Waals surface area contributed by atoms with E-state index in [0.717, 1.165) is 73.9 Å². The molecule has 0 saturated heterocycles. The van der Waals surface area contributed by atoms with E-state index in [9.17, 15) is 9.59 Å². The molecule has 0 aromatic heterocycles. The smallest absolute Gasteiger partial charge is 0.411 e. The predicted molar refractivity (Wildman–Crippen MR) is 175 cm³/mol. The van der Waals surface area contributed by atoms with Crippen molar-refractivity contribution in [3.8, 4) is 0 Å². The first kappa shape index (κ1) is 34.6. The summed E-state index contributed by atoms with van der Waals surface area (Å²) >= 11 is 0. The lowest BCUT2D eigenvalue weighted by molar-refractivity contribution is 0.158. The van der Waals surface area contributed by atoms with Crippen LogP contribution >= 0.6 is 0 Å². The Balaban J connectivity index is 1.47. The van der Waals surface area contributed by atoms with E-state index in [4.69, 9.17) is 13.6 Å². The normalized spacial score (nSPS) is 11.7. The topological polar surface area (TPSA) is 85.9 Å². The van der Waals surface area contributed by atoms with Crippen LogP contribution in [0.3, 0.4) is 0 Å². The second kappa shape index (κ2) is 18.0. The summed E-state index contributed by atoms with van der Waals surface area (Å²) in [5, 5.41) is 5.53. The highest BCUT2D eigenvalue weighted by Crippen LogP contribution is 2.25. The predicted octanol–water partition coefficient (Wildman–Crippen LogP) is 9.65. The Kier molecular flexibility index (Phi) is 15.2. The highest BCUT2D eigenvalue weighted by Gasteiger charge is 2.32. The molecule has 0 aliphatic rings. The van der Waals surface area contributed by atoms with Crippen molar-refractivity contribution in [2.75, 3.05) is 23.8 Å². The molecule has 0 aliphatic carbocycles. The first-order valence-electron chi connectivity index (χ1n) is 15.2. The molecule has 0 saturated carbocycles. The van der Waals surface area contributed by atoms with Gasteiger partial charge in [0.25, 0.3) is 0 Å². The zero-order valence-corrected chi connectivity index (χ0v) is 28.1. The van der Waals surface area contributed by atoms with Crippen molar-refractivity contribution >= 4 is 40.2 Å². The average molecular weight is 601 g/mol. The molecule has 0 atom stereocenters. The van der Waals surface area contributed by atoms with Crippen LogP contribution in [0, 0.1) is 13.8 Å². The lowest BCUT2D eigenvalue weighted by Gasteiger charge is -2.34. The maximum Gasteiger partial charge on any atom is 0.411 e. The van der Waals surface area contributed by atoms with E-state index in [-0.39, 0.29) is 0 Å². The number of benzene rings is 2. The summed E-state index contributed by atoms with van der Waals surface area (Å²) in [5.41, 5.74) is 3.82. The number of unbranched alkanes of at least 4 members (excludes halogenated alkanes) is 6. The highest BCUT2D eigenvalue weighted by atomic mass is 28.4. The van der Waals surface area contributed by atoms with Gasteiger partial charge in [-0.2, -0.15) is 0 Å². The van der Waals surface area contributed by atoms with Crippen molar-refractivity contribution in [2.45, 2.75) is 103 Å². The molecule has 0 radical (unpaired) electrons. The number of anilines is 2. The van der Waals surface area contributed by atoms with Gasteiger partial charge in [-0.05, 0) is 89.2 Å². The van der Waals surface area contributed by atoms with Crippen molar-refractivity contribution in [3.05, 3.63) is 59.7 Å². The molecule has 2 aromatic rings. The van der Waals surface area contributed by atoms with Gasteiger partial charge in [0, 0.05) is 11.4 Å². The Morgan fingerprint density at radius 2 is 0.902 bits per heavy atom. The molecular weight excluding hydrogens is 549 g/mol. The number of carbonyl (C=O) groups is 2. The zero-order valence-electron chi connectivity index (χ0n) is 26.1. The van der Waals surface area contributed by atoms with Gasteiger partial charge in [-0.3, -0.25) is 10.6 Å². The van der Waals surface area contributed by atoms with Crippen LogP contribution in [0.1, 0.15) is 62.5 Å². The molecule has 2 rings (SSSR count). The molecule has 2 aromatic carbocycles. The SMILES string of the molecule is Cc1ccc(NC(=O)OCCCCCC[Si](C)(C)O[Si](C)(C)CCCCCCOC(=O)Nc2ccc(C)cc2)cc1. The summed E-state index contributed by atoms with van der Waals surface area (Å²) in [4.78, 5) is 23.8. The number of hydrogen-bond acceptors (Lipinski definition) is 5. The van der Waals surface area contributed by atoms with Gasteiger partial charge in [0.2, 0.25) is 0 Å². The van der Waals surface area contributed by atoms with Gasteiger partial charge in [-0.25, -0.2) is 9.59 Å². The van der Waals surface area contributed by atoms with Gasteiger partial charge in [0.1, 0.15) is 0 Å². The second-order valence-corrected chi connectivity index (χ2v) is 21.1. The fourth-order valence-corrected chi connectivity index (χ4v) is 13.8. The number of aryl methyl sites for hydroxylation is 2. The third-order valence-corrected chi connectivity index (χ3v) is 14.5. The molecule has 0 unspecified atom stereocenters. The van der Waals surface area contributed by atoms with Crippen LogP contribution in [0.15, 0.2) is 48.5 Å². The van der Waals surface area contributed by atoms with Crippen molar-refractivity contribution in [1.82, 2.24) is 0 Å². The molecule has 0 fully saturated rings. The van der Waals surface area contributed by atoms with Gasteiger partial charge < -0.3 is 13.6 Å². The zero-order chi connectivity index (χ0) is 30.1. The third-order valence-electron chi connectivity index (χ3n) is 6.96. The summed E-state index contributed by atoms with van der Waals surface area (Å²) in [5.74, 6) is 0. The lowest BCUT2D eigenvalue weighted by atomic mass is 10.2. The molecule has 41 heavy (non-hydrogen) atoms. The van der Waals surface area contributed by atoms with Gasteiger partial charge in [0.05, 0.1) is 13.2 Å². The number of amides is 2. The number of ether oxygens (including phenoxy) is 2. The monoisotopic (exact) mass is 600 g/mol. The molecule has 0 bridgehead atoms. The van der Waals surface area contributed by atoms with E-state index < -0.39 is 28.8 Å². The molecule has 0 spiro atoms. The van der Waals surface area contributed by atoms with Crippen LogP contribution in [0.2, 0.25) is 38.3 Å². The summed E-state index contributed by atoms with van der Waals surface area (Å²) in [6.07, 6.45) is 7.69. The van der Waals surface area contributed by atoms with Gasteiger partial charge >= 0.3 is 12.2 Å².